The van der Waals surface area contributed by atoms with Crippen LogP contribution in [-0.2, 0) is 19.1 Å². The molecule has 1 atom stereocenters. The van der Waals surface area contributed by atoms with E-state index in [-0.39, 0.29) is 19.4 Å². The Bertz CT molecular complexity index is 318. The van der Waals surface area contributed by atoms with E-state index in [0.717, 1.165) is 0 Å². The molecule has 0 saturated heterocycles. The van der Waals surface area contributed by atoms with Crippen molar-refractivity contribution in [2.45, 2.75) is 18.9 Å². The first-order valence-electron chi connectivity index (χ1n) is 4.26. The van der Waals surface area contributed by atoms with Gasteiger partial charge in [0.2, 0.25) is 0 Å². The molecule has 7 nitrogen and oxygen atoms in total. The number of ether oxygens (including phenoxy) is 2. The summed E-state index contributed by atoms with van der Waals surface area (Å²) in [5, 5.41) is 8.11. The van der Waals surface area contributed by atoms with Gasteiger partial charge in [-0.1, -0.05) is 5.92 Å². The van der Waals surface area contributed by atoms with Gasteiger partial charge in [0.05, 0.1) is 0 Å². The molecule has 0 fully saturated rings. The van der Waals surface area contributed by atoms with E-state index < -0.39 is 24.1 Å². The maximum Gasteiger partial charge on any atom is 0.513 e. The van der Waals surface area contributed by atoms with Crippen molar-refractivity contribution in [2.75, 3.05) is 6.61 Å². The Hall–Kier alpha value is -2.07. The molecule has 0 aliphatic heterocycles. The fourth-order valence-corrected chi connectivity index (χ4v) is 0.747. The average molecular weight is 229 g/mol. The zero-order chi connectivity index (χ0) is 12.6. The molecular weight excluding hydrogens is 218 g/mol. The number of carbonyl (C=O) groups excluding carboxylic acids is 2. The summed E-state index contributed by atoms with van der Waals surface area (Å²) in [6, 6.07) is -1.19. The predicted octanol–water partition coefficient (Wildman–Crippen LogP) is -0.508. The molecule has 0 amide bonds. The molecule has 0 rings (SSSR count). The lowest BCUT2D eigenvalue weighted by Crippen LogP contribution is -2.34. The van der Waals surface area contributed by atoms with E-state index in [9.17, 15) is 14.4 Å². The summed E-state index contributed by atoms with van der Waals surface area (Å²) in [5.74, 6) is 0.363. The summed E-state index contributed by atoms with van der Waals surface area (Å²) in [7, 11) is 0. The van der Waals surface area contributed by atoms with Gasteiger partial charge in [0.25, 0.3) is 0 Å². The van der Waals surface area contributed by atoms with Crippen molar-refractivity contribution in [2.24, 2.45) is 5.73 Å². The van der Waals surface area contributed by atoms with Gasteiger partial charge in [0.15, 0.2) is 6.61 Å². The first-order chi connectivity index (χ1) is 7.47. The van der Waals surface area contributed by atoms with E-state index in [2.05, 4.69) is 15.4 Å². The quantitative estimate of drug-likeness (QED) is 0.370. The fraction of sp³-hybridized carbons (Fsp3) is 0.444. The zero-order valence-corrected chi connectivity index (χ0v) is 8.34. The van der Waals surface area contributed by atoms with Crippen LogP contribution in [0.5, 0.6) is 0 Å². The molecule has 16 heavy (non-hydrogen) atoms. The number of carbonyl (C=O) groups is 3. The molecule has 0 aromatic rings. The maximum absolute atomic E-state index is 10.9. The van der Waals surface area contributed by atoms with Crippen molar-refractivity contribution in [3.05, 3.63) is 0 Å². The van der Waals surface area contributed by atoms with Gasteiger partial charge in [-0.05, 0) is 6.42 Å². The van der Waals surface area contributed by atoms with Crippen molar-refractivity contribution in [3.8, 4) is 12.3 Å². The van der Waals surface area contributed by atoms with Gasteiger partial charge >= 0.3 is 18.1 Å². The van der Waals surface area contributed by atoms with Crippen molar-refractivity contribution in [1.82, 2.24) is 0 Å². The highest BCUT2D eigenvalue weighted by Crippen LogP contribution is 1.99. The summed E-state index contributed by atoms with van der Waals surface area (Å²) in [6.45, 7) is -0.159. The number of rotatable bonds is 5. The van der Waals surface area contributed by atoms with E-state index in [1.807, 2.05) is 0 Å². The molecule has 0 aromatic carbocycles. The molecule has 7 heteroatoms. The van der Waals surface area contributed by atoms with Gasteiger partial charge in [-0.3, -0.25) is 4.79 Å². The highest BCUT2D eigenvalue weighted by atomic mass is 16.7. The van der Waals surface area contributed by atoms with Gasteiger partial charge in [-0.2, -0.15) is 0 Å². The Labute approximate surface area is 91.5 Å². The summed E-state index contributed by atoms with van der Waals surface area (Å²) < 4.78 is 8.30. The Kier molecular flexibility index (Phi) is 6.31. The van der Waals surface area contributed by atoms with Crippen LogP contribution in [0.1, 0.15) is 12.8 Å². The number of carboxylic acid groups (broad SMARTS) is 1. The predicted molar refractivity (Wildman–Crippen MR) is 51.1 cm³/mol. The van der Waals surface area contributed by atoms with E-state index in [4.69, 9.17) is 17.3 Å². The van der Waals surface area contributed by atoms with Crippen LogP contribution >= 0.6 is 0 Å². The molecule has 0 bridgehead atoms. The lowest BCUT2D eigenvalue weighted by atomic mass is 10.2. The molecular formula is C9H11NO6. The topological polar surface area (TPSA) is 116 Å². The number of terminal acetylenes is 1. The Morgan fingerprint density at radius 3 is 2.56 bits per heavy atom. The summed E-state index contributed by atoms with van der Waals surface area (Å²) in [6.07, 6.45) is 2.89. The normalized spacial score (nSPS) is 11.0. The Morgan fingerprint density at radius 1 is 1.44 bits per heavy atom. The minimum absolute atomic E-state index is 0.0739. The molecule has 3 N–H and O–H groups in total. The van der Waals surface area contributed by atoms with Crippen LogP contribution < -0.4 is 5.73 Å². The van der Waals surface area contributed by atoms with Gasteiger partial charge < -0.3 is 20.3 Å². The average Bonchev–Trinajstić information content (AvgIpc) is 2.21. The second-order valence-corrected chi connectivity index (χ2v) is 2.70. The second-order valence-electron chi connectivity index (χ2n) is 2.70. The van der Waals surface area contributed by atoms with Crippen LogP contribution in [0.4, 0.5) is 4.79 Å². The van der Waals surface area contributed by atoms with Crippen LogP contribution in [-0.4, -0.2) is 35.8 Å². The molecule has 0 aliphatic rings. The summed E-state index contributed by atoms with van der Waals surface area (Å²) in [5.41, 5.74) is 5.26. The first-order valence-corrected chi connectivity index (χ1v) is 4.26. The third-order valence-electron chi connectivity index (χ3n) is 1.47. The number of hydrogen-bond acceptors (Lipinski definition) is 6. The SMILES string of the molecule is C#CCOC(=O)CC[C@H](N)C(=O)OC(=O)O. The maximum atomic E-state index is 10.9. The zero-order valence-electron chi connectivity index (χ0n) is 8.34. The number of hydrogen-bond donors (Lipinski definition) is 2. The smallest absolute Gasteiger partial charge is 0.452 e. The van der Waals surface area contributed by atoms with Gasteiger partial charge in [-0.15, -0.1) is 6.42 Å². The van der Waals surface area contributed by atoms with Crippen LogP contribution in [0.25, 0.3) is 0 Å². The molecule has 88 valence electrons. The van der Waals surface area contributed by atoms with Crippen LogP contribution in [0.2, 0.25) is 0 Å². The van der Waals surface area contributed by atoms with Crippen molar-refractivity contribution >= 4 is 18.1 Å². The molecule has 0 heterocycles. The van der Waals surface area contributed by atoms with Crippen LogP contribution in [0.3, 0.4) is 0 Å². The Morgan fingerprint density at radius 2 is 2.06 bits per heavy atom. The molecule has 0 spiro atoms. The molecule has 0 saturated carbocycles. The standard InChI is InChI=1S/C9H11NO6/c1-2-5-15-7(11)4-3-6(10)8(12)16-9(13)14/h1,6H,3-5,10H2,(H,13,14)/t6-/m0/s1. The van der Waals surface area contributed by atoms with E-state index in [0.29, 0.717) is 0 Å². The van der Waals surface area contributed by atoms with Gasteiger partial charge in [-0.25, -0.2) is 9.59 Å². The fourth-order valence-electron chi connectivity index (χ4n) is 0.747. The minimum Gasteiger partial charge on any atom is -0.452 e. The minimum atomic E-state index is -1.74. The monoisotopic (exact) mass is 229 g/mol. The van der Waals surface area contributed by atoms with Crippen molar-refractivity contribution < 1.29 is 29.0 Å². The summed E-state index contributed by atoms with van der Waals surface area (Å²) in [4.78, 5) is 31.8. The number of esters is 2. The van der Waals surface area contributed by atoms with E-state index in [1.54, 1.807) is 0 Å². The Balaban J connectivity index is 3.84. The lowest BCUT2D eigenvalue weighted by Gasteiger charge is -2.07. The third-order valence-corrected chi connectivity index (χ3v) is 1.47. The van der Waals surface area contributed by atoms with E-state index >= 15 is 0 Å². The van der Waals surface area contributed by atoms with Crippen LogP contribution in [0.15, 0.2) is 0 Å². The van der Waals surface area contributed by atoms with Crippen LogP contribution in [0, 0.1) is 12.3 Å². The third kappa shape index (κ3) is 6.39. The number of nitrogens with two attached hydrogens (primary N) is 1. The van der Waals surface area contributed by atoms with Crippen molar-refractivity contribution in [3.63, 3.8) is 0 Å². The summed E-state index contributed by atoms with van der Waals surface area (Å²) >= 11 is 0. The second kappa shape index (κ2) is 7.25. The van der Waals surface area contributed by atoms with Crippen molar-refractivity contribution in [1.29, 1.82) is 0 Å². The van der Waals surface area contributed by atoms with Gasteiger partial charge in [0, 0.05) is 6.42 Å². The largest absolute Gasteiger partial charge is 0.513 e. The first kappa shape index (κ1) is 13.9. The molecule has 0 aromatic heterocycles. The molecule has 0 radical (unpaired) electrons. The van der Waals surface area contributed by atoms with Gasteiger partial charge in [0.1, 0.15) is 6.04 Å². The van der Waals surface area contributed by atoms with E-state index in [1.165, 1.54) is 0 Å². The lowest BCUT2D eigenvalue weighted by molar-refractivity contribution is -0.143. The molecule has 0 unspecified atom stereocenters. The highest BCUT2D eigenvalue weighted by molar-refractivity contribution is 5.85. The highest BCUT2D eigenvalue weighted by Gasteiger charge is 2.19. The molecule has 0 aliphatic carbocycles.